The zero-order chi connectivity index (χ0) is 20.5. The standard InChI is InChI=1S/C20H17F3N2O3/c21-20(22,23)14-6-4-12(5-7-14)15-9-16(26)18(27)17(15)25-19(28)13-3-1-2-11(8-13)10-24/h1-8,15-18,26-27H,9H2,(H,25,28). The van der Waals surface area contributed by atoms with E-state index < -0.39 is 41.8 Å². The molecule has 8 heteroatoms. The number of carbonyl (C=O) groups is 1. The van der Waals surface area contributed by atoms with Crippen molar-refractivity contribution in [3.8, 4) is 6.07 Å². The van der Waals surface area contributed by atoms with Gasteiger partial charge in [0.15, 0.2) is 0 Å². The van der Waals surface area contributed by atoms with Crippen LogP contribution in [0.4, 0.5) is 13.2 Å². The lowest BCUT2D eigenvalue weighted by Gasteiger charge is -2.24. The number of benzene rings is 2. The lowest BCUT2D eigenvalue weighted by Crippen LogP contribution is -2.45. The third kappa shape index (κ3) is 4.01. The second kappa shape index (κ2) is 7.62. The van der Waals surface area contributed by atoms with Crippen LogP contribution in [0.1, 0.15) is 39.4 Å². The molecule has 3 N–H and O–H groups in total. The third-order valence-electron chi connectivity index (χ3n) is 4.91. The number of carbonyl (C=O) groups excluding carboxylic acids is 1. The Kier molecular flexibility index (Phi) is 5.40. The van der Waals surface area contributed by atoms with Crippen LogP contribution >= 0.6 is 0 Å². The van der Waals surface area contributed by atoms with Crippen molar-refractivity contribution in [3.05, 3.63) is 70.8 Å². The molecule has 5 nitrogen and oxygen atoms in total. The molecular formula is C20H17F3N2O3. The highest BCUT2D eigenvalue weighted by Gasteiger charge is 2.43. The Morgan fingerprint density at radius 1 is 1.14 bits per heavy atom. The molecule has 0 aliphatic heterocycles. The topological polar surface area (TPSA) is 93.4 Å². The molecule has 1 saturated carbocycles. The van der Waals surface area contributed by atoms with Gasteiger partial charge in [-0.15, -0.1) is 0 Å². The molecule has 28 heavy (non-hydrogen) atoms. The Morgan fingerprint density at radius 2 is 1.82 bits per heavy atom. The Labute approximate surface area is 159 Å². The molecule has 2 aromatic rings. The molecule has 2 aromatic carbocycles. The third-order valence-corrected chi connectivity index (χ3v) is 4.91. The zero-order valence-electron chi connectivity index (χ0n) is 14.5. The predicted molar refractivity (Wildman–Crippen MR) is 93.2 cm³/mol. The van der Waals surface area contributed by atoms with Crippen molar-refractivity contribution in [1.82, 2.24) is 5.32 Å². The van der Waals surface area contributed by atoms with E-state index in [0.717, 1.165) is 12.1 Å². The van der Waals surface area contributed by atoms with Gasteiger partial charge in [-0.05, 0) is 42.3 Å². The zero-order valence-corrected chi connectivity index (χ0v) is 14.5. The van der Waals surface area contributed by atoms with Crippen molar-refractivity contribution in [2.24, 2.45) is 0 Å². The highest BCUT2D eigenvalue weighted by molar-refractivity contribution is 5.94. The summed E-state index contributed by atoms with van der Waals surface area (Å²) in [5.74, 6) is -1.11. The minimum atomic E-state index is -4.47. The van der Waals surface area contributed by atoms with Crippen LogP contribution in [-0.4, -0.2) is 34.4 Å². The van der Waals surface area contributed by atoms with E-state index in [0.29, 0.717) is 11.1 Å². The van der Waals surface area contributed by atoms with Crippen LogP contribution in [0.3, 0.4) is 0 Å². The van der Waals surface area contributed by atoms with Crippen molar-refractivity contribution in [3.63, 3.8) is 0 Å². The van der Waals surface area contributed by atoms with Gasteiger partial charge in [0.1, 0.15) is 6.10 Å². The van der Waals surface area contributed by atoms with Crippen molar-refractivity contribution in [2.75, 3.05) is 0 Å². The SMILES string of the molecule is N#Cc1cccc(C(=O)NC2C(c3ccc(C(F)(F)F)cc3)CC(O)C2O)c1. The van der Waals surface area contributed by atoms with E-state index in [4.69, 9.17) is 5.26 Å². The second-order valence-electron chi connectivity index (χ2n) is 6.71. The van der Waals surface area contributed by atoms with E-state index in [-0.39, 0.29) is 12.0 Å². The molecule has 4 atom stereocenters. The summed E-state index contributed by atoms with van der Waals surface area (Å²) < 4.78 is 38.3. The van der Waals surface area contributed by atoms with Crippen molar-refractivity contribution in [2.45, 2.75) is 36.8 Å². The first kappa shape index (κ1) is 19.9. The van der Waals surface area contributed by atoms with Gasteiger partial charge in [-0.3, -0.25) is 4.79 Å². The minimum absolute atomic E-state index is 0.0930. The predicted octanol–water partition coefficient (Wildman–Crippen LogP) is 2.58. The summed E-state index contributed by atoms with van der Waals surface area (Å²) in [5, 5.41) is 31.9. The van der Waals surface area contributed by atoms with Gasteiger partial charge in [0, 0.05) is 11.5 Å². The van der Waals surface area contributed by atoms with Gasteiger partial charge < -0.3 is 15.5 Å². The number of rotatable bonds is 3. The number of hydrogen-bond acceptors (Lipinski definition) is 4. The summed E-state index contributed by atoms with van der Waals surface area (Å²) >= 11 is 0. The fraction of sp³-hybridized carbons (Fsp3) is 0.300. The summed E-state index contributed by atoms with van der Waals surface area (Å²) in [4.78, 5) is 12.5. The number of nitrogens with one attached hydrogen (secondary N) is 1. The van der Waals surface area contributed by atoms with Crippen LogP contribution < -0.4 is 5.32 Å². The van der Waals surface area contributed by atoms with Crippen molar-refractivity contribution in [1.29, 1.82) is 5.26 Å². The molecule has 1 fully saturated rings. The van der Waals surface area contributed by atoms with Crippen LogP contribution in [0, 0.1) is 11.3 Å². The monoisotopic (exact) mass is 390 g/mol. The van der Waals surface area contributed by atoms with Gasteiger partial charge in [0.25, 0.3) is 5.91 Å². The molecule has 0 bridgehead atoms. The molecule has 4 unspecified atom stereocenters. The quantitative estimate of drug-likeness (QED) is 0.751. The van der Waals surface area contributed by atoms with Crippen LogP contribution in [0.2, 0.25) is 0 Å². The molecule has 1 amide bonds. The van der Waals surface area contributed by atoms with Gasteiger partial charge in [0.05, 0.1) is 29.3 Å². The number of hydrogen-bond donors (Lipinski definition) is 3. The van der Waals surface area contributed by atoms with E-state index in [1.165, 1.54) is 30.3 Å². The van der Waals surface area contributed by atoms with Gasteiger partial charge in [-0.25, -0.2) is 0 Å². The van der Waals surface area contributed by atoms with E-state index in [9.17, 15) is 28.2 Å². The summed E-state index contributed by atoms with van der Waals surface area (Å²) in [6, 6.07) is 11.4. The van der Waals surface area contributed by atoms with Gasteiger partial charge in [-0.2, -0.15) is 18.4 Å². The maximum absolute atomic E-state index is 12.8. The number of nitrogens with zero attached hydrogens (tertiary/aromatic N) is 1. The number of nitriles is 1. The summed E-state index contributed by atoms with van der Waals surface area (Å²) in [6.07, 6.45) is -6.76. The van der Waals surface area contributed by atoms with Crippen LogP contribution in [0.25, 0.3) is 0 Å². The Hall–Kier alpha value is -2.89. The highest BCUT2D eigenvalue weighted by Crippen LogP contribution is 2.37. The molecule has 0 aromatic heterocycles. The lowest BCUT2D eigenvalue weighted by molar-refractivity contribution is -0.137. The van der Waals surface area contributed by atoms with Crippen LogP contribution in [-0.2, 0) is 6.18 Å². The molecule has 0 spiro atoms. The number of aliphatic hydroxyl groups is 2. The molecule has 146 valence electrons. The normalized spacial score (nSPS) is 24.6. The summed E-state index contributed by atoms with van der Waals surface area (Å²) in [5.41, 5.74) is 0.168. The van der Waals surface area contributed by atoms with Gasteiger partial charge in [-0.1, -0.05) is 18.2 Å². The Bertz CT molecular complexity index is 906. The average molecular weight is 390 g/mol. The van der Waals surface area contributed by atoms with Crippen LogP contribution in [0.5, 0.6) is 0 Å². The maximum atomic E-state index is 12.8. The largest absolute Gasteiger partial charge is 0.416 e. The molecule has 0 radical (unpaired) electrons. The van der Waals surface area contributed by atoms with Crippen molar-refractivity contribution < 1.29 is 28.2 Å². The van der Waals surface area contributed by atoms with Gasteiger partial charge in [0.2, 0.25) is 0 Å². The number of amides is 1. The molecular weight excluding hydrogens is 373 g/mol. The maximum Gasteiger partial charge on any atom is 0.416 e. The first-order valence-corrected chi connectivity index (χ1v) is 8.55. The smallest absolute Gasteiger partial charge is 0.390 e. The molecule has 1 aliphatic rings. The van der Waals surface area contributed by atoms with E-state index in [2.05, 4.69) is 5.32 Å². The van der Waals surface area contributed by atoms with E-state index >= 15 is 0 Å². The number of aliphatic hydroxyl groups excluding tert-OH is 2. The van der Waals surface area contributed by atoms with Crippen LogP contribution in [0.15, 0.2) is 48.5 Å². The number of alkyl halides is 3. The van der Waals surface area contributed by atoms with E-state index in [1.807, 2.05) is 6.07 Å². The second-order valence-corrected chi connectivity index (χ2v) is 6.71. The van der Waals surface area contributed by atoms with Crippen molar-refractivity contribution >= 4 is 5.91 Å². The average Bonchev–Trinajstić information content (AvgIpc) is 2.96. The fourth-order valence-electron chi connectivity index (χ4n) is 3.44. The fourth-order valence-corrected chi connectivity index (χ4v) is 3.44. The first-order valence-electron chi connectivity index (χ1n) is 8.55. The Balaban J connectivity index is 1.83. The molecule has 0 saturated heterocycles. The highest BCUT2D eigenvalue weighted by atomic mass is 19.4. The molecule has 0 heterocycles. The molecule has 1 aliphatic carbocycles. The minimum Gasteiger partial charge on any atom is -0.390 e. The summed E-state index contributed by atoms with van der Waals surface area (Å²) in [6.45, 7) is 0. The lowest BCUT2D eigenvalue weighted by atomic mass is 9.92. The van der Waals surface area contributed by atoms with Gasteiger partial charge >= 0.3 is 6.18 Å². The number of halogens is 3. The van der Waals surface area contributed by atoms with E-state index in [1.54, 1.807) is 6.07 Å². The summed E-state index contributed by atoms with van der Waals surface area (Å²) in [7, 11) is 0. The first-order chi connectivity index (χ1) is 13.2. The molecule has 3 rings (SSSR count). The Morgan fingerprint density at radius 3 is 2.43 bits per heavy atom.